The van der Waals surface area contributed by atoms with Crippen molar-refractivity contribution in [3.05, 3.63) is 178 Å². The van der Waals surface area contributed by atoms with Crippen LogP contribution in [0.5, 0.6) is 0 Å². The molecule has 11 rings (SSSR count). The van der Waals surface area contributed by atoms with E-state index < -0.39 is 0 Å². The van der Waals surface area contributed by atoms with E-state index in [4.69, 9.17) is 0 Å². The van der Waals surface area contributed by atoms with Crippen LogP contribution in [0.25, 0.3) is 0 Å². The summed E-state index contributed by atoms with van der Waals surface area (Å²) < 4.78 is 0. The number of hydrogen-bond donors (Lipinski definition) is 0. The molecule has 2 aliphatic carbocycles. The fourth-order valence-corrected chi connectivity index (χ4v) is 13.5. The van der Waals surface area contributed by atoms with Crippen molar-refractivity contribution < 1.29 is 0 Å². The zero-order chi connectivity index (χ0) is 50.5. The van der Waals surface area contributed by atoms with Crippen molar-refractivity contribution in [1.29, 1.82) is 0 Å². The van der Waals surface area contributed by atoms with Gasteiger partial charge in [-0.2, -0.15) is 0 Å². The quantitative estimate of drug-likeness (QED) is 0.159. The first-order valence-corrected chi connectivity index (χ1v) is 26.6. The number of rotatable bonds is 5. The van der Waals surface area contributed by atoms with E-state index in [9.17, 15) is 0 Å². The maximum absolute atomic E-state index is 2.74. The van der Waals surface area contributed by atoms with Crippen LogP contribution in [0.1, 0.15) is 161 Å². The van der Waals surface area contributed by atoms with E-state index in [-0.39, 0.29) is 39.2 Å². The monoisotopic (exact) mass is 934 g/mol. The molecule has 362 valence electrons. The van der Waals surface area contributed by atoms with Crippen LogP contribution in [0.2, 0.25) is 0 Å². The molecule has 2 aliphatic heterocycles. The highest BCUT2D eigenvalue weighted by Gasteiger charge is 2.49. The third kappa shape index (κ3) is 7.51. The second-order valence-electron chi connectivity index (χ2n) is 26.6. The minimum absolute atomic E-state index is 0.0111. The van der Waals surface area contributed by atoms with Crippen LogP contribution in [0.4, 0.5) is 51.2 Å². The van der Waals surface area contributed by atoms with E-state index in [2.05, 4.69) is 259 Å². The average molecular weight is 934 g/mol. The van der Waals surface area contributed by atoms with E-state index in [1.807, 2.05) is 0 Å². The van der Waals surface area contributed by atoms with Gasteiger partial charge in [0.2, 0.25) is 0 Å². The van der Waals surface area contributed by atoms with Gasteiger partial charge in [-0.3, -0.25) is 0 Å². The van der Waals surface area contributed by atoms with Gasteiger partial charge in [-0.25, -0.2) is 0 Å². The van der Waals surface area contributed by atoms with Crippen molar-refractivity contribution >= 4 is 74.3 Å². The van der Waals surface area contributed by atoms with Crippen LogP contribution in [-0.2, 0) is 32.5 Å². The van der Waals surface area contributed by atoms with E-state index in [0.717, 1.165) is 29.9 Å². The van der Waals surface area contributed by atoms with Crippen LogP contribution in [-0.4, -0.2) is 6.71 Å². The molecule has 0 fully saturated rings. The lowest BCUT2D eigenvalue weighted by atomic mass is 9.33. The van der Waals surface area contributed by atoms with Crippen molar-refractivity contribution in [2.24, 2.45) is 0 Å². The first kappa shape index (κ1) is 47.3. The van der Waals surface area contributed by atoms with E-state index in [0.29, 0.717) is 0 Å². The summed E-state index contributed by atoms with van der Waals surface area (Å²) in [6.45, 7) is 38.6. The summed E-state index contributed by atoms with van der Waals surface area (Å²) in [5.41, 5.74) is 26.5. The summed E-state index contributed by atoms with van der Waals surface area (Å²) in [6, 6.07) is 52.3. The third-order valence-electron chi connectivity index (χ3n) is 17.4. The zero-order valence-electron chi connectivity index (χ0n) is 45.7. The van der Waals surface area contributed by atoms with Crippen LogP contribution in [0.3, 0.4) is 0 Å². The van der Waals surface area contributed by atoms with Crippen molar-refractivity contribution in [3.63, 3.8) is 0 Å². The zero-order valence-corrected chi connectivity index (χ0v) is 45.7. The van der Waals surface area contributed by atoms with Crippen molar-refractivity contribution in [1.82, 2.24) is 0 Å². The van der Waals surface area contributed by atoms with Gasteiger partial charge in [-0.05, 0) is 187 Å². The Hall–Kier alpha value is -6.00. The van der Waals surface area contributed by atoms with Gasteiger partial charge in [-0.15, -0.1) is 0 Å². The molecule has 2 heterocycles. The highest BCUT2D eigenvalue weighted by Crippen LogP contribution is 2.56. The Balaban J connectivity index is 1.32. The number of anilines is 9. The first-order valence-electron chi connectivity index (χ1n) is 26.6. The van der Waals surface area contributed by atoms with Gasteiger partial charge in [0.1, 0.15) is 0 Å². The molecular formula is C67H76BN3. The molecule has 0 N–H and O–H groups in total. The molecule has 0 unspecified atom stereocenters. The SMILES string of the molecule is Cc1cc(C(C)(C)C)ccc1N1c2ccc(C(C)(C)C)cc2B2c3cc4c(cc3N(c3cc5c(cc3C)C(C)(C)CCC5(C)C)c3cc(N(c5ccccc5)c5ccccc5)cc1c32)C(C)(C)CC4(C)C. The van der Waals surface area contributed by atoms with E-state index in [1.54, 1.807) is 0 Å². The van der Waals surface area contributed by atoms with Crippen molar-refractivity contribution in [2.75, 3.05) is 14.7 Å². The number of hydrogen-bond acceptors (Lipinski definition) is 3. The third-order valence-corrected chi connectivity index (χ3v) is 17.4. The van der Waals surface area contributed by atoms with Crippen LogP contribution < -0.4 is 31.1 Å². The largest absolute Gasteiger partial charge is 0.311 e. The maximum Gasteiger partial charge on any atom is 0.252 e. The van der Waals surface area contributed by atoms with Crippen LogP contribution in [0.15, 0.2) is 133 Å². The highest BCUT2D eigenvalue weighted by atomic mass is 15.2. The normalized spacial score (nSPS) is 17.8. The van der Waals surface area contributed by atoms with Crippen LogP contribution >= 0.6 is 0 Å². The lowest BCUT2D eigenvalue weighted by molar-refractivity contribution is 0.332. The van der Waals surface area contributed by atoms with Gasteiger partial charge < -0.3 is 14.7 Å². The molecule has 0 radical (unpaired) electrons. The molecule has 4 aliphatic rings. The number of aryl methyl sites for hydroxylation is 2. The van der Waals surface area contributed by atoms with Gasteiger partial charge in [0.25, 0.3) is 6.71 Å². The van der Waals surface area contributed by atoms with Gasteiger partial charge in [0.15, 0.2) is 0 Å². The smallest absolute Gasteiger partial charge is 0.252 e. The molecule has 3 nitrogen and oxygen atoms in total. The summed E-state index contributed by atoms with van der Waals surface area (Å²) in [6.07, 6.45) is 3.45. The summed E-state index contributed by atoms with van der Waals surface area (Å²) in [5, 5.41) is 0. The first-order chi connectivity index (χ1) is 33.3. The van der Waals surface area contributed by atoms with Gasteiger partial charge in [0.05, 0.1) is 5.69 Å². The summed E-state index contributed by atoms with van der Waals surface area (Å²) in [4.78, 5) is 7.86. The van der Waals surface area contributed by atoms with Crippen molar-refractivity contribution in [2.45, 2.75) is 163 Å². The molecule has 71 heavy (non-hydrogen) atoms. The molecule has 0 saturated carbocycles. The average Bonchev–Trinajstić information content (AvgIpc) is 3.48. The molecule has 0 atom stereocenters. The molecule has 0 saturated heterocycles. The Morgan fingerprint density at radius 2 is 0.845 bits per heavy atom. The second kappa shape index (κ2) is 15.8. The van der Waals surface area contributed by atoms with E-state index in [1.165, 1.54) is 101 Å². The Labute approximate surface area is 427 Å². The lowest BCUT2D eigenvalue weighted by Gasteiger charge is -2.47. The summed E-state index contributed by atoms with van der Waals surface area (Å²) in [7, 11) is 0. The van der Waals surface area contributed by atoms with Gasteiger partial charge in [0, 0.05) is 45.5 Å². The number of para-hydroxylation sites is 2. The number of nitrogens with zero attached hydrogens (tertiary/aromatic N) is 3. The number of fused-ring (bicyclic) bond motifs is 6. The minimum Gasteiger partial charge on any atom is -0.311 e. The molecule has 4 heteroatoms. The molecule has 0 amide bonds. The second-order valence-corrected chi connectivity index (χ2v) is 26.6. The van der Waals surface area contributed by atoms with E-state index >= 15 is 0 Å². The van der Waals surface area contributed by atoms with Gasteiger partial charge >= 0.3 is 0 Å². The molecule has 0 spiro atoms. The summed E-state index contributed by atoms with van der Waals surface area (Å²) >= 11 is 0. The molecule has 0 bridgehead atoms. The molecule has 7 aromatic rings. The molecule has 0 aromatic heterocycles. The van der Waals surface area contributed by atoms with Gasteiger partial charge in [-0.1, -0.05) is 170 Å². The predicted octanol–water partition coefficient (Wildman–Crippen LogP) is 16.8. The Kier molecular flexibility index (Phi) is 10.5. The maximum atomic E-state index is 2.74. The molecular weight excluding hydrogens is 858 g/mol. The number of benzene rings is 7. The minimum atomic E-state index is -0.0444. The lowest BCUT2D eigenvalue weighted by Crippen LogP contribution is -2.62. The highest BCUT2D eigenvalue weighted by molar-refractivity contribution is 7.00. The fourth-order valence-electron chi connectivity index (χ4n) is 13.5. The molecule has 7 aromatic carbocycles. The Bertz CT molecular complexity index is 3250. The standard InChI is InChI=1S/C67H76BN3/c1-42-33-44(62(3,4)5)27-29-55(42)70-56-30-28-45(63(6,7)8)35-53(56)68-54-38-50-52(67(15,16)41-66(50,13)14)40-58(54)71(57-39-51-49(34-43(57)2)64(9,10)31-32-65(51,11)12)60-37-48(36-59(70)61(60)68)69(46-23-19-17-20-24-46)47-25-21-18-22-26-47/h17-30,33-40H,31-32,41H2,1-16H3. The van der Waals surface area contributed by atoms with Crippen LogP contribution in [0, 0.1) is 13.8 Å². The topological polar surface area (TPSA) is 9.72 Å². The summed E-state index contributed by atoms with van der Waals surface area (Å²) in [5.74, 6) is 0. The Morgan fingerprint density at radius 1 is 0.408 bits per heavy atom. The predicted molar refractivity (Wildman–Crippen MR) is 308 cm³/mol. The van der Waals surface area contributed by atoms with Crippen molar-refractivity contribution in [3.8, 4) is 0 Å². The fraction of sp³-hybridized carbons (Fsp3) is 0.373. The Morgan fingerprint density at radius 3 is 1.38 bits per heavy atom.